The third-order valence-electron chi connectivity index (χ3n) is 3.23. The molecule has 0 bridgehead atoms. The van der Waals surface area contributed by atoms with E-state index >= 15 is 0 Å². The molecule has 0 N–H and O–H groups in total. The van der Waals surface area contributed by atoms with Crippen LogP contribution in [0.3, 0.4) is 0 Å². The number of Topliss-reactive ketones (excluding diaryl/α,β-unsaturated/α-hetero) is 1. The lowest BCUT2D eigenvalue weighted by atomic mass is 10.0. The Balaban J connectivity index is 1.84. The molecule has 1 heterocycles. The molecule has 22 heavy (non-hydrogen) atoms. The Morgan fingerprint density at radius 1 is 0.818 bits per heavy atom. The Hall–Kier alpha value is -3.08. The fourth-order valence-electron chi connectivity index (χ4n) is 2.10. The van der Waals surface area contributed by atoms with Gasteiger partial charge in [0.25, 0.3) is 0 Å². The van der Waals surface area contributed by atoms with Gasteiger partial charge in [0.1, 0.15) is 5.69 Å². The number of ketones is 2. The van der Waals surface area contributed by atoms with Crippen LogP contribution in [-0.4, -0.2) is 21.9 Å². The highest BCUT2D eigenvalue weighted by Crippen LogP contribution is 2.13. The summed E-state index contributed by atoms with van der Waals surface area (Å²) in [5.41, 5.74) is 1.37. The molecule has 5 nitrogen and oxygen atoms in total. The van der Waals surface area contributed by atoms with Crippen molar-refractivity contribution in [2.24, 2.45) is 0 Å². The summed E-state index contributed by atoms with van der Waals surface area (Å²) in [5.74, 6) is -0.448. The predicted octanol–water partition coefficient (Wildman–Crippen LogP) is 2.73. The van der Waals surface area contributed by atoms with E-state index < -0.39 is 0 Å². The van der Waals surface area contributed by atoms with Crippen LogP contribution in [0.5, 0.6) is 0 Å². The normalized spacial score (nSPS) is 10.4. The van der Waals surface area contributed by atoms with Gasteiger partial charge >= 0.3 is 0 Å². The zero-order valence-electron chi connectivity index (χ0n) is 11.6. The van der Waals surface area contributed by atoms with Crippen molar-refractivity contribution >= 4 is 11.6 Å². The molecule has 0 amide bonds. The summed E-state index contributed by atoms with van der Waals surface area (Å²) in [6.07, 6.45) is -0.0264. The van der Waals surface area contributed by atoms with E-state index in [2.05, 4.69) is 14.9 Å². The van der Waals surface area contributed by atoms with Crippen molar-refractivity contribution in [3.63, 3.8) is 0 Å². The minimum Gasteiger partial charge on any atom is -0.294 e. The van der Waals surface area contributed by atoms with Gasteiger partial charge in [-0.15, -0.1) is 0 Å². The number of benzene rings is 2. The van der Waals surface area contributed by atoms with Crippen LogP contribution >= 0.6 is 0 Å². The van der Waals surface area contributed by atoms with E-state index in [1.807, 2.05) is 12.1 Å². The summed E-state index contributed by atoms with van der Waals surface area (Å²) in [5, 5.41) is 7.35. The maximum absolute atomic E-state index is 12.4. The number of aromatic nitrogens is 2. The third-order valence-corrected chi connectivity index (χ3v) is 3.23. The average Bonchev–Trinajstić information content (AvgIpc) is 3.04. The molecule has 0 aliphatic heterocycles. The molecule has 0 aliphatic rings. The Kier molecular flexibility index (Phi) is 3.87. The molecule has 5 heteroatoms. The van der Waals surface area contributed by atoms with Crippen molar-refractivity contribution in [3.05, 3.63) is 83.2 Å². The first kappa shape index (κ1) is 13.9. The van der Waals surface area contributed by atoms with Crippen LogP contribution in [0.25, 0.3) is 0 Å². The van der Waals surface area contributed by atoms with E-state index in [-0.39, 0.29) is 29.4 Å². The van der Waals surface area contributed by atoms with Crippen LogP contribution in [0.15, 0.2) is 65.3 Å². The van der Waals surface area contributed by atoms with E-state index in [9.17, 15) is 9.59 Å². The van der Waals surface area contributed by atoms with Gasteiger partial charge in [-0.2, -0.15) is 0 Å². The molecule has 108 valence electrons. The number of rotatable bonds is 5. The molecular weight excluding hydrogens is 280 g/mol. The Morgan fingerprint density at radius 3 is 2.05 bits per heavy atom. The van der Waals surface area contributed by atoms with E-state index in [1.165, 1.54) is 0 Å². The summed E-state index contributed by atoms with van der Waals surface area (Å²) in [7, 11) is 0. The van der Waals surface area contributed by atoms with E-state index in [1.54, 1.807) is 48.5 Å². The minimum absolute atomic E-state index is 0.0264. The second-order valence-corrected chi connectivity index (χ2v) is 4.72. The molecule has 3 aromatic rings. The Morgan fingerprint density at radius 2 is 1.41 bits per heavy atom. The van der Waals surface area contributed by atoms with Crippen LogP contribution < -0.4 is 0 Å². The van der Waals surface area contributed by atoms with Crippen LogP contribution in [0, 0.1) is 0 Å². The Labute approximate surface area is 126 Å². The zero-order chi connectivity index (χ0) is 15.4. The van der Waals surface area contributed by atoms with Gasteiger partial charge in [0, 0.05) is 11.1 Å². The zero-order valence-corrected chi connectivity index (χ0v) is 11.6. The first-order chi connectivity index (χ1) is 10.8. The Bertz CT molecular complexity index is 795. The van der Waals surface area contributed by atoms with Gasteiger partial charge in [0.2, 0.25) is 5.78 Å². The summed E-state index contributed by atoms with van der Waals surface area (Å²) >= 11 is 0. The molecule has 0 saturated heterocycles. The first-order valence-corrected chi connectivity index (χ1v) is 6.75. The topological polar surface area (TPSA) is 73.1 Å². The molecule has 0 aliphatic carbocycles. The number of nitrogens with zero attached hydrogens (tertiary/aromatic N) is 2. The third kappa shape index (κ3) is 2.83. The number of carbonyl (C=O) groups excluding carboxylic acids is 2. The first-order valence-electron chi connectivity index (χ1n) is 6.75. The molecule has 0 fully saturated rings. The second-order valence-electron chi connectivity index (χ2n) is 4.72. The molecule has 0 unspecified atom stereocenters. The van der Waals surface area contributed by atoms with E-state index in [4.69, 9.17) is 0 Å². The van der Waals surface area contributed by atoms with Crippen molar-refractivity contribution in [1.29, 1.82) is 0 Å². The second kappa shape index (κ2) is 6.13. The molecule has 1 aromatic heterocycles. The van der Waals surface area contributed by atoms with Gasteiger partial charge in [0.05, 0.1) is 6.42 Å². The van der Waals surface area contributed by atoms with Gasteiger partial charge in [-0.25, -0.2) is 4.63 Å². The van der Waals surface area contributed by atoms with Crippen LogP contribution in [0.1, 0.15) is 32.1 Å². The monoisotopic (exact) mass is 292 g/mol. The smallest absolute Gasteiger partial charge is 0.216 e. The molecule has 0 radical (unpaired) electrons. The van der Waals surface area contributed by atoms with Crippen molar-refractivity contribution in [2.45, 2.75) is 6.42 Å². The van der Waals surface area contributed by atoms with Crippen molar-refractivity contribution < 1.29 is 14.2 Å². The standard InChI is InChI=1S/C17H12N2O3/c20-15(12-7-3-1-4-8-12)11-14-16(19-22-18-14)17(21)13-9-5-2-6-10-13/h1-10H,11H2. The lowest BCUT2D eigenvalue weighted by Crippen LogP contribution is -2.10. The molecule has 0 saturated carbocycles. The predicted molar refractivity (Wildman–Crippen MR) is 78.6 cm³/mol. The van der Waals surface area contributed by atoms with Crippen LogP contribution in [0.2, 0.25) is 0 Å². The van der Waals surface area contributed by atoms with Gasteiger partial charge in [-0.3, -0.25) is 9.59 Å². The lowest BCUT2D eigenvalue weighted by Gasteiger charge is -2.00. The van der Waals surface area contributed by atoms with E-state index in [0.29, 0.717) is 11.1 Å². The van der Waals surface area contributed by atoms with Gasteiger partial charge in [-0.05, 0) is 5.16 Å². The highest BCUT2D eigenvalue weighted by molar-refractivity contribution is 6.09. The van der Waals surface area contributed by atoms with Crippen molar-refractivity contribution in [1.82, 2.24) is 10.3 Å². The van der Waals surface area contributed by atoms with Crippen molar-refractivity contribution in [2.75, 3.05) is 0 Å². The van der Waals surface area contributed by atoms with Crippen LogP contribution in [0.4, 0.5) is 0 Å². The SMILES string of the molecule is O=C(Cc1nonc1C(=O)c1ccccc1)c1ccccc1. The number of hydrogen-bond acceptors (Lipinski definition) is 5. The van der Waals surface area contributed by atoms with Crippen LogP contribution in [-0.2, 0) is 6.42 Å². The number of carbonyl (C=O) groups is 2. The maximum atomic E-state index is 12.4. The highest BCUT2D eigenvalue weighted by Gasteiger charge is 2.22. The minimum atomic E-state index is -0.308. The number of hydrogen-bond donors (Lipinski definition) is 0. The average molecular weight is 292 g/mol. The highest BCUT2D eigenvalue weighted by atomic mass is 16.6. The fourth-order valence-corrected chi connectivity index (χ4v) is 2.10. The summed E-state index contributed by atoms with van der Waals surface area (Å²) in [6.45, 7) is 0. The molecule has 0 atom stereocenters. The molecule has 0 spiro atoms. The van der Waals surface area contributed by atoms with Crippen molar-refractivity contribution in [3.8, 4) is 0 Å². The molecule has 3 rings (SSSR count). The summed E-state index contributed by atoms with van der Waals surface area (Å²) in [6, 6.07) is 17.5. The molecule has 2 aromatic carbocycles. The van der Waals surface area contributed by atoms with E-state index in [0.717, 1.165) is 0 Å². The molecular formula is C17H12N2O3. The maximum Gasteiger partial charge on any atom is 0.216 e. The largest absolute Gasteiger partial charge is 0.294 e. The summed E-state index contributed by atoms with van der Waals surface area (Å²) in [4.78, 5) is 24.6. The van der Waals surface area contributed by atoms with Gasteiger partial charge < -0.3 is 0 Å². The fraction of sp³-hybridized carbons (Fsp3) is 0.0588. The summed E-state index contributed by atoms with van der Waals surface area (Å²) < 4.78 is 4.65. The van der Waals surface area contributed by atoms with Gasteiger partial charge in [0.15, 0.2) is 11.5 Å². The quantitative estimate of drug-likeness (QED) is 0.676. The lowest BCUT2D eigenvalue weighted by molar-refractivity contribution is 0.0990. The van der Waals surface area contributed by atoms with Gasteiger partial charge in [-0.1, -0.05) is 65.8 Å².